The zero-order chi connectivity index (χ0) is 22.0. The first-order valence-electron chi connectivity index (χ1n) is 11.3. The number of aliphatic imine (C=N–C) groups is 1. The lowest BCUT2D eigenvalue weighted by atomic mass is 9.85. The summed E-state index contributed by atoms with van der Waals surface area (Å²) in [5, 5.41) is 6.58. The lowest BCUT2D eigenvalue weighted by Crippen LogP contribution is -2.40. The molecule has 7 nitrogen and oxygen atoms in total. The predicted octanol–water partition coefficient (Wildman–Crippen LogP) is 2.62. The summed E-state index contributed by atoms with van der Waals surface area (Å²) in [6, 6.07) is 8.36. The minimum atomic E-state index is -0.103. The van der Waals surface area contributed by atoms with Crippen LogP contribution in [0.15, 0.2) is 41.4 Å². The van der Waals surface area contributed by atoms with Crippen LogP contribution < -0.4 is 15.5 Å². The molecule has 2 N–H and O–H groups in total. The fraction of sp³-hybridized carbons (Fsp3) is 0.542. The van der Waals surface area contributed by atoms with Crippen LogP contribution in [0.1, 0.15) is 25.3 Å². The molecule has 0 spiro atoms. The molecule has 8 heteroatoms. The van der Waals surface area contributed by atoms with E-state index in [0.29, 0.717) is 26.1 Å². The van der Waals surface area contributed by atoms with Crippen LogP contribution in [-0.4, -0.2) is 56.4 Å². The number of carbonyl (C=O) groups excluding carboxylic acids is 2. The fourth-order valence-electron chi connectivity index (χ4n) is 5.04. The van der Waals surface area contributed by atoms with Gasteiger partial charge in [0.25, 0.3) is 0 Å². The van der Waals surface area contributed by atoms with Gasteiger partial charge in [0.2, 0.25) is 11.8 Å². The number of amides is 2. The van der Waals surface area contributed by atoms with Crippen molar-refractivity contribution >= 4 is 47.4 Å². The minimum absolute atomic E-state index is 0. The molecule has 1 heterocycles. The molecular weight excluding hydrogens is 517 g/mol. The minimum Gasteiger partial charge on any atom is -0.378 e. The summed E-state index contributed by atoms with van der Waals surface area (Å²) >= 11 is 0. The number of fused-ring (bicyclic) bond motifs is 5. The molecule has 1 aliphatic heterocycles. The van der Waals surface area contributed by atoms with Crippen LogP contribution in [0.4, 0.5) is 5.69 Å². The number of carbonyl (C=O) groups is 2. The molecule has 0 radical (unpaired) electrons. The highest BCUT2D eigenvalue weighted by atomic mass is 127. The summed E-state index contributed by atoms with van der Waals surface area (Å²) < 4.78 is 0. The number of hydrogen-bond donors (Lipinski definition) is 2. The Morgan fingerprint density at radius 2 is 1.69 bits per heavy atom. The Balaban J connectivity index is 0.00000289. The quantitative estimate of drug-likeness (QED) is 0.130. The number of halogens is 1. The van der Waals surface area contributed by atoms with Crippen LogP contribution >= 0.6 is 24.0 Å². The summed E-state index contributed by atoms with van der Waals surface area (Å²) in [6.45, 7) is 4.52. The molecule has 4 atom stereocenters. The van der Waals surface area contributed by atoms with E-state index in [0.717, 1.165) is 30.2 Å². The number of likely N-dealkylation sites (tertiary alicyclic amines) is 1. The van der Waals surface area contributed by atoms with E-state index in [1.807, 2.05) is 21.0 Å². The van der Waals surface area contributed by atoms with Crippen LogP contribution in [0.3, 0.4) is 0 Å². The number of allylic oxidation sites excluding steroid dienone is 2. The molecular formula is C24H34IN5O2. The van der Waals surface area contributed by atoms with Gasteiger partial charge in [-0.05, 0) is 49.3 Å². The Morgan fingerprint density at radius 1 is 1.06 bits per heavy atom. The van der Waals surface area contributed by atoms with Crippen molar-refractivity contribution in [3.63, 3.8) is 0 Å². The van der Waals surface area contributed by atoms with Crippen molar-refractivity contribution in [2.24, 2.45) is 28.7 Å². The second-order valence-corrected chi connectivity index (χ2v) is 8.86. The number of benzene rings is 1. The van der Waals surface area contributed by atoms with E-state index in [-0.39, 0.29) is 59.5 Å². The van der Waals surface area contributed by atoms with E-state index in [9.17, 15) is 9.59 Å². The van der Waals surface area contributed by atoms with Crippen molar-refractivity contribution in [3.05, 3.63) is 42.0 Å². The average molecular weight is 551 g/mol. The second kappa shape index (κ2) is 10.7. The number of rotatable bonds is 8. The maximum absolute atomic E-state index is 12.8. The summed E-state index contributed by atoms with van der Waals surface area (Å²) in [5.74, 6) is 1.16. The van der Waals surface area contributed by atoms with Crippen LogP contribution in [0, 0.1) is 23.7 Å². The van der Waals surface area contributed by atoms with Gasteiger partial charge < -0.3 is 15.5 Å². The molecule has 174 valence electrons. The standard InChI is InChI=1S/C24H33N5O2.HI/c1-4-25-24(27-15-16-6-10-19(11-7-16)28(2)3)26-12-5-13-29-22(30)20-17-8-9-18(14-17)21(20)23(29)31;/h6-11,17-18,20-21H,4-5,12-15H2,1-3H3,(H2,25,26,27);1H. The van der Waals surface area contributed by atoms with Crippen LogP contribution in [-0.2, 0) is 16.1 Å². The van der Waals surface area contributed by atoms with Gasteiger partial charge in [0.05, 0.1) is 18.4 Å². The van der Waals surface area contributed by atoms with Crippen molar-refractivity contribution in [1.82, 2.24) is 15.5 Å². The molecule has 1 saturated carbocycles. The highest BCUT2D eigenvalue weighted by molar-refractivity contribution is 14.0. The van der Waals surface area contributed by atoms with Gasteiger partial charge >= 0.3 is 0 Å². The predicted molar refractivity (Wildman–Crippen MR) is 138 cm³/mol. The molecule has 4 rings (SSSR count). The topological polar surface area (TPSA) is 77.0 Å². The Bertz CT molecular complexity index is 853. The second-order valence-electron chi connectivity index (χ2n) is 8.86. The van der Waals surface area contributed by atoms with E-state index in [4.69, 9.17) is 0 Å². The zero-order valence-corrected chi connectivity index (χ0v) is 21.4. The normalized spacial score (nSPS) is 25.7. The third-order valence-corrected chi connectivity index (χ3v) is 6.63. The first-order chi connectivity index (χ1) is 15.0. The van der Waals surface area contributed by atoms with E-state index in [2.05, 4.69) is 56.9 Å². The van der Waals surface area contributed by atoms with E-state index in [1.165, 1.54) is 4.90 Å². The molecule has 1 saturated heterocycles. The molecule has 2 fully saturated rings. The molecule has 2 bridgehead atoms. The third kappa shape index (κ3) is 4.94. The molecule has 4 unspecified atom stereocenters. The van der Waals surface area contributed by atoms with Gasteiger partial charge in [-0.3, -0.25) is 14.5 Å². The van der Waals surface area contributed by atoms with Crippen molar-refractivity contribution in [2.75, 3.05) is 38.6 Å². The van der Waals surface area contributed by atoms with Gasteiger partial charge in [-0.2, -0.15) is 0 Å². The smallest absolute Gasteiger partial charge is 0.233 e. The highest BCUT2D eigenvalue weighted by Crippen LogP contribution is 2.52. The van der Waals surface area contributed by atoms with Crippen LogP contribution in [0.25, 0.3) is 0 Å². The van der Waals surface area contributed by atoms with Crippen molar-refractivity contribution in [3.8, 4) is 0 Å². The maximum Gasteiger partial charge on any atom is 0.233 e. The SMILES string of the molecule is CCNC(=NCc1ccc(N(C)C)cc1)NCCCN1C(=O)C2C3C=CC(C3)C2C1=O.I. The van der Waals surface area contributed by atoms with Crippen LogP contribution in [0.2, 0.25) is 0 Å². The zero-order valence-electron chi connectivity index (χ0n) is 19.1. The fourth-order valence-corrected chi connectivity index (χ4v) is 5.04. The Hall–Kier alpha value is -2.10. The molecule has 1 aromatic rings. The van der Waals surface area contributed by atoms with Crippen LogP contribution in [0.5, 0.6) is 0 Å². The number of guanidine groups is 1. The van der Waals surface area contributed by atoms with Gasteiger partial charge in [0.1, 0.15) is 0 Å². The van der Waals surface area contributed by atoms with Crippen molar-refractivity contribution in [2.45, 2.75) is 26.3 Å². The van der Waals surface area contributed by atoms with E-state index < -0.39 is 0 Å². The molecule has 2 aliphatic carbocycles. The third-order valence-electron chi connectivity index (χ3n) is 6.63. The number of anilines is 1. The first kappa shape index (κ1) is 24.5. The average Bonchev–Trinajstić information content (AvgIpc) is 3.44. The Morgan fingerprint density at radius 3 is 2.25 bits per heavy atom. The molecule has 32 heavy (non-hydrogen) atoms. The monoisotopic (exact) mass is 551 g/mol. The lowest BCUT2D eigenvalue weighted by molar-refractivity contribution is -0.140. The van der Waals surface area contributed by atoms with Crippen molar-refractivity contribution < 1.29 is 9.59 Å². The number of nitrogens with one attached hydrogen (secondary N) is 2. The van der Waals surface area contributed by atoms with Crippen molar-refractivity contribution in [1.29, 1.82) is 0 Å². The van der Waals surface area contributed by atoms with E-state index in [1.54, 1.807) is 0 Å². The number of hydrogen-bond acceptors (Lipinski definition) is 4. The molecule has 3 aliphatic rings. The Kier molecular flexibility index (Phi) is 8.19. The molecule has 2 amide bonds. The Labute approximate surface area is 207 Å². The first-order valence-corrected chi connectivity index (χ1v) is 11.3. The molecule has 0 aromatic heterocycles. The lowest BCUT2D eigenvalue weighted by Gasteiger charge is -2.18. The summed E-state index contributed by atoms with van der Waals surface area (Å²) in [7, 11) is 4.05. The number of imide groups is 1. The summed E-state index contributed by atoms with van der Waals surface area (Å²) in [6.07, 6.45) is 5.95. The van der Waals surface area contributed by atoms with Gasteiger partial charge in [-0.1, -0.05) is 24.3 Å². The highest BCUT2D eigenvalue weighted by Gasteiger charge is 2.58. The number of nitrogens with zero attached hydrogens (tertiary/aromatic N) is 3. The summed E-state index contributed by atoms with van der Waals surface area (Å²) in [4.78, 5) is 33.7. The summed E-state index contributed by atoms with van der Waals surface area (Å²) in [5.41, 5.74) is 2.31. The van der Waals surface area contributed by atoms with E-state index >= 15 is 0 Å². The van der Waals surface area contributed by atoms with Gasteiger partial charge in [0.15, 0.2) is 5.96 Å². The van der Waals surface area contributed by atoms with Gasteiger partial charge in [-0.25, -0.2) is 4.99 Å². The molecule has 1 aromatic carbocycles. The van der Waals surface area contributed by atoms with Gasteiger partial charge in [-0.15, -0.1) is 24.0 Å². The maximum atomic E-state index is 12.8. The largest absolute Gasteiger partial charge is 0.378 e. The van der Waals surface area contributed by atoms with Gasteiger partial charge in [0, 0.05) is 39.4 Å².